The van der Waals surface area contributed by atoms with Gasteiger partial charge in [0.15, 0.2) is 5.13 Å². The molecule has 1 aliphatic heterocycles. The monoisotopic (exact) mass is 387 g/mol. The van der Waals surface area contributed by atoms with Gasteiger partial charge in [-0.3, -0.25) is 4.79 Å². The molecule has 2 heterocycles. The molecule has 0 radical (unpaired) electrons. The fraction of sp³-hybridized carbons (Fsp3) is 0.450. The Bertz CT molecular complexity index is 804. The van der Waals surface area contributed by atoms with E-state index >= 15 is 0 Å². The van der Waals surface area contributed by atoms with Gasteiger partial charge >= 0.3 is 5.97 Å². The lowest BCUT2D eigenvalue weighted by atomic mass is 9.82. The molecule has 1 saturated heterocycles. The first kappa shape index (κ1) is 19.4. The Morgan fingerprint density at radius 3 is 2.70 bits per heavy atom. The van der Waals surface area contributed by atoms with Gasteiger partial charge in [0.2, 0.25) is 0 Å². The lowest BCUT2D eigenvalue weighted by molar-refractivity contribution is -0.152. The number of piperidine rings is 1. The molecule has 1 aliphatic rings. The van der Waals surface area contributed by atoms with Crippen molar-refractivity contribution in [2.45, 2.75) is 44.6 Å². The molecule has 0 spiro atoms. The van der Waals surface area contributed by atoms with E-state index in [0.717, 1.165) is 24.9 Å². The third-order valence-corrected chi connectivity index (χ3v) is 6.10. The van der Waals surface area contributed by atoms with Gasteiger partial charge in [-0.25, -0.2) is 9.78 Å². The minimum absolute atomic E-state index is 0.283. The van der Waals surface area contributed by atoms with Gasteiger partial charge < -0.3 is 14.9 Å². The van der Waals surface area contributed by atoms with Gasteiger partial charge in [0, 0.05) is 24.7 Å². The van der Waals surface area contributed by atoms with E-state index in [1.54, 1.807) is 10.3 Å². The number of para-hydroxylation sites is 1. The number of carbonyl (C=O) groups excluding carboxylic acids is 1. The van der Waals surface area contributed by atoms with Crippen molar-refractivity contribution in [2.75, 3.05) is 18.5 Å². The molecule has 1 fully saturated rings. The maximum atomic E-state index is 13.2. The number of aliphatic carboxylic acids is 1. The number of nitrogens with zero attached hydrogens (tertiary/aromatic N) is 3. The molecular weight excluding hydrogens is 362 g/mol. The summed E-state index contributed by atoms with van der Waals surface area (Å²) in [5, 5.41) is 12.3. The molecule has 1 atom stereocenters. The lowest BCUT2D eigenvalue weighted by Crippen LogP contribution is -2.59. The SMILES string of the molecule is CCCC1(C(=O)O)CCCCN1C(=O)c1csc(N(C)c2ccccc2)n1. The molecule has 3 rings (SSSR count). The molecule has 1 aromatic carbocycles. The van der Waals surface area contributed by atoms with Gasteiger partial charge in [0.1, 0.15) is 11.2 Å². The Balaban J connectivity index is 1.87. The highest BCUT2D eigenvalue weighted by Crippen LogP contribution is 2.35. The van der Waals surface area contributed by atoms with Crippen LogP contribution in [0.1, 0.15) is 49.5 Å². The van der Waals surface area contributed by atoms with Crippen LogP contribution in [0.3, 0.4) is 0 Å². The first-order valence-electron chi connectivity index (χ1n) is 9.29. The molecule has 27 heavy (non-hydrogen) atoms. The third kappa shape index (κ3) is 3.69. The Kier molecular flexibility index (Phi) is 5.79. The number of rotatable bonds is 6. The molecule has 7 heteroatoms. The van der Waals surface area contributed by atoms with Crippen molar-refractivity contribution < 1.29 is 14.7 Å². The van der Waals surface area contributed by atoms with E-state index in [1.807, 2.05) is 49.2 Å². The first-order chi connectivity index (χ1) is 13.0. The number of likely N-dealkylation sites (tertiary alicyclic amines) is 1. The Morgan fingerprint density at radius 2 is 2.04 bits per heavy atom. The smallest absolute Gasteiger partial charge is 0.329 e. The standard InChI is InChI=1S/C20H25N3O3S/c1-3-11-20(18(25)26)12-7-8-13-23(20)17(24)16-14-27-19(21-16)22(2)15-9-5-4-6-10-15/h4-6,9-10,14H,3,7-8,11-13H2,1-2H3,(H,25,26). The zero-order valence-corrected chi connectivity index (χ0v) is 16.5. The summed E-state index contributed by atoms with van der Waals surface area (Å²) < 4.78 is 0. The summed E-state index contributed by atoms with van der Waals surface area (Å²) in [4.78, 5) is 33.2. The second kappa shape index (κ2) is 8.08. The molecule has 1 aromatic heterocycles. The van der Waals surface area contributed by atoms with Crippen LogP contribution in [0.2, 0.25) is 0 Å². The van der Waals surface area contributed by atoms with Crippen molar-refractivity contribution >= 4 is 34.0 Å². The fourth-order valence-electron chi connectivity index (χ4n) is 3.75. The molecule has 0 aliphatic carbocycles. The Labute approximate surface area is 163 Å². The highest BCUT2D eigenvalue weighted by molar-refractivity contribution is 7.14. The molecule has 144 valence electrons. The second-order valence-electron chi connectivity index (χ2n) is 6.91. The maximum absolute atomic E-state index is 13.2. The number of anilines is 2. The molecule has 1 unspecified atom stereocenters. The summed E-state index contributed by atoms with van der Waals surface area (Å²) in [5.41, 5.74) is 0.190. The number of benzene rings is 1. The third-order valence-electron chi connectivity index (χ3n) is 5.19. The first-order valence-corrected chi connectivity index (χ1v) is 10.2. The predicted molar refractivity (Wildman–Crippen MR) is 107 cm³/mol. The van der Waals surface area contributed by atoms with Crippen LogP contribution in [0.5, 0.6) is 0 Å². The van der Waals surface area contributed by atoms with Gasteiger partial charge in [0.25, 0.3) is 5.91 Å². The van der Waals surface area contributed by atoms with Gasteiger partial charge in [-0.05, 0) is 37.8 Å². The Morgan fingerprint density at radius 1 is 1.30 bits per heavy atom. The van der Waals surface area contributed by atoms with Crippen LogP contribution in [0.4, 0.5) is 10.8 Å². The quantitative estimate of drug-likeness (QED) is 0.806. The normalized spacial score (nSPS) is 19.7. The van der Waals surface area contributed by atoms with Gasteiger partial charge in [0.05, 0.1) is 0 Å². The van der Waals surface area contributed by atoms with E-state index < -0.39 is 11.5 Å². The summed E-state index contributed by atoms with van der Waals surface area (Å²) in [6.07, 6.45) is 3.34. The highest BCUT2D eigenvalue weighted by atomic mass is 32.1. The second-order valence-corrected chi connectivity index (χ2v) is 7.75. The number of carboxylic acid groups (broad SMARTS) is 1. The van der Waals surface area contributed by atoms with Gasteiger partial charge in [-0.2, -0.15) is 0 Å². The van der Waals surface area contributed by atoms with E-state index in [4.69, 9.17) is 0 Å². The summed E-state index contributed by atoms with van der Waals surface area (Å²) >= 11 is 1.39. The predicted octanol–water partition coefficient (Wildman–Crippen LogP) is 4.16. The zero-order chi connectivity index (χ0) is 19.4. The topological polar surface area (TPSA) is 73.7 Å². The van der Waals surface area contributed by atoms with Crippen molar-refractivity contribution in [3.63, 3.8) is 0 Å². The number of thiazole rings is 1. The summed E-state index contributed by atoms with van der Waals surface area (Å²) in [6, 6.07) is 9.80. The zero-order valence-electron chi connectivity index (χ0n) is 15.7. The minimum atomic E-state index is -1.11. The van der Waals surface area contributed by atoms with E-state index in [1.165, 1.54) is 11.3 Å². The van der Waals surface area contributed by atoms with Crippen LogP contribution < -0.4 is 4.90 Å². The van der Waals surface area contributed by atoms with E-state index in [2.05, 4.69) is 4.98 Å². The summed E-state index contributed by atoms with van der Waals surface area (Å²) in [7, 11) is 1.90. The number of hydrogen-bond acceptors (Lipinski definition) is 5. The van der Waals surface area contributed by atoms with E-state index in [-0.39, 0.29) is 5.91 Å². The van der Waals surface area contributed by atoms with Crippen LogP contribution in [0, 0.1) is 0 Å². The van der Waals surface area contributed by atoms with E-state index in [0.29, 0.717) is 30.2 Å². The van der Waals surface area contributed by atoms with Crippen molar-refractivity contribution in [1.82, 2.24) is 9.88 Å². The summed E-state index contributed by atoms with van der Waals surface area (Å²) in [5.74, 6) is -1.19. The molecule has 1 N–H and O–H groups in total. The van der Waals surface area contributed by atoms with Crippen LogP contribution in [0.15, 0.2) is 35.7 Å². The number of carbonyl (C=O) groups is 2. The summed E-state index contributed by atoms with van der Waals surface area (Å²) in [6.45, 7) is 2.42. The Hall–Kier alpha value is -2.41. The van der Waals surface area contributed by atoms with Gasteiger partial charge in [-0.15, -0.1) is 11.3 Å². The highest BCUT2D eigenvalue weighted by Gasteiger charge is 2.47. The molecule has 1 amide bonds. The number of carboxylic acids is 1. The number of aromatic nitrogens is 1. The lowest BCUT2D eigenvalue weighted by Gasteiger charge is -2.43. The average molecular weight is 388 g/mol. The van der Waals surface area contributed by atoms with Crippen LogP contribution in [-0.2, 0) is 4.79 Å². The average Bonchev–Trinajstić information content (AvgIpc) is 3.18. The fourth-order valence-corrected chi connectivity index (χ4v) is 4.54. The number of amides is 1. The van der Waals surface area contributed by atoms with Crippen molar-refractivity contribution in [3.8, 4) is 0 Å². The minimum Gasteiger partial charge on any atom is -0.479 e. The van der Waals surface area contributed by atoms with Crippen LogP contribution >= 0.6 is 11.3 Å². The molecule has 0 bridgehead atoms. The maximum Gasteiger partial charge on any atom is 0.329 e. The van der Waals surface area contributed by atoms with Gasteiger partial charge in [-0.1, -0.05) is 31.5 Å². The molecule has 2 aromatic rings. The molecule has 0 saturated carbocycles. The van der Waals surface area contributed by atoms with Crippen molar-refractivity contribution in [3.05, 3.63) is 41.4 Å². The molecule has 6 nitrogen and oxygen atoms in total. The van der Waals surface area contributed by atoms with E-state index in [9.17, 15) is 14.7 Å². The van der Waals surface area contributed by atoms with Crippen molar-refractivity contribution in [1.29, 1.82) is 0 Å². The largest absolute Gasteiger partial charge is 0.479 e. The molecular formula is C20H25N3O3S. The van der Waals surface area contributed by atoms with Crippen LogP contribution in [-0.4, -0.2) is 46.0 Å². The van der Waals surface area contributed by atoms with Crippen LogP contribution in [0.25, 0.3) is 0 Å². The van der Waals surface area contributed by atoms with Crippen molar-refractivity contribution in [2.24, 2.45) is 0 Å². The number of hydrogen-bond donors (Lipinski definition) is 1.